The Kier molecular flexibility index (Phi) is 4.44. The van der Waals surface area contributed by atoms with Crippen LogP contribution in [-0.2, 0) is 14.8 Å². The zero-order valence-electron chi connectivity index (χ0n) is 14.8. The number of sulfonamides is 1. The van der Waals surface area contributed by atoms with E-state index < -0.39 is 22.0 Å². The van der Waals surface area contributed by atoms with Crippen molar-refractivity contribution >= 4 is 21.7 Å². The van der Waals surface area contributed by atoms with Crippen LogP contribution in [0.1, 0.15) is 25.7 Å². The minimum absolute atomic E-state index is 0.139. The molecule has 2 fully saturated rings. The summed E-state index contributed by atoms with van der Waals surface area (Å²) in [4.78, 5) is 11.8. The number of benzene rings is 2. The molecule has 7 heteroatoms. The highest BCUT2D eigenvalue weighted by atomic mass is 32.2. The van der Waals surface area contributed by atoms with E-state index in [-0.39, 0.29) is 16.9 Å². The van der Waals surface area contributed by atoms with Gasteiger partial charge in [0, 0.05) is 11.7 Å². The Morgan fingerprint density at radius 3 is 2.19 bits per heavy atom. The number of nitrogens with two attached hydrogens (primary N) is 1. The third kappa shape index (κ3) is 3.11. The highest BCUT2D eigenvalue weighted by Gasteiger charge is 2.52. The Bertz CT molecular complexity index is 954. The number of rotatable bonds is 4. The summed E-state index contributed by atoms with van der Waals surface area (Å²) in [5.41, 5.74) is 8.18. The number of carboxylic acid groups (broad SMARTS) is 1. The Hall–Kier alpha value is -2.38. The maximum atomic E-state index is 13.2. The van der Waals surface area contributed by atoms with E-state index >= 15 is 0 Å². The lowest BCUT2D eigenvalue weighted by molar-refractivity contribution is -0.141. The first-order chi connectivity index (χ1) is 12.9. The van der Waals surface area contributed by atoms with Crippen molar-refractivity contribution in [3.05, 3.63) is 48.5 Å². The standard InChI is InChI=1S/C20H22N2O4S/c21-16-8-4-13(5-9-16)14-6-10-17(11-7-14)27(25,26)22-18-3-1-2-15(18)12-19(22)20(23)24/h4-11,15,18-19H,1-3,12,21H2,(H,23,24)/t15-,18-,19-/m1/s1. The molecule has 2 aliphatic rings. The monoisotopic (exact) mass is 386 g/mol. The van der Waals surface area contributed by atoms with Crippen LogP contribution in [0.15, 0.2) is 53.4 Å². The van der Waals surface area contributed by atoms with Crippen molar-refractivity contribution in [3.8, 4) is 11.1 Å². The predicted molar refractivity (Wildman–Crippen MR) is 102 cm³/mol. The molecule has 0 aromatic heterocycles. The first-order valence-electron chi connectivity index (χ1n) is 9.10. The zero-order valence-corrected chi connectivity index (χ0v) is 15.6. The summed E-state index contributed by atoms with van der Waals surface area (Å²) in [7, 11) is -3.86. The number of fused-ring (bicyclic) bond motifs is 1. The molecule has 3 N–H and O–H groups in total. The molecule has 142 valence electrons. The summed E-state index contributed by atoms with van der Waals surface area (Å²) in [5, 5.41) is 9.55. The van der Waals surface area contributed by atoms with Gasteiger partial charge in [0.15, 0.2) is 0 Å². The van der Waals surface area contributed by atoms with E-state index in [4.69, 9.17) is 5.73 Å². The predicted octanol–water partition coefficient (Wildman–Crippen LogP) is 2.95. The summed E-state index contributed by atoms with van der Waals surface area (Å²) in [5.74, 6) is -0.915. The van der Waals surface area contributed by atoms with Crippen molar-refractivity contribution < 1.29 is 18.3 Å². The van der Waals surface area contributed by atoms with Crippen LogP contribution in [0.5, 0.6) is 0 Å². The van der Waals surface area contributed by atoms with Gasteiger partial charge in [0.25, 0.3) is 0 Å². The molecule has 1 aliphatic heterocycles. The molecule has 0 radical (unpaired) electrons. The summed E-state index contributed by atoms with van der Waals surface area (Å²) >= 11 is 0. The third-order valence-electron chi connectivity index (χ3n) is 5.74. The van der Waals surface area contributed by atoms with Gasteiger partial charge in [0.05, 0.1) is 4.90 Å². The second-order valence-electron chi connectivity index (χ2n) is 7.33. The quantitative estimate of drug-likeness (QED) is 0.787. The first kappa shape index (κ1) is 18.0. The molecule has 6 nitrogen and oxygen atoms in total. The normalized spacial score (nSPS) is 25.4. The van der Waals surface area contributed by atoms with Gasteiger partial charge >= 0.3 is 5.97 Å². The molecule has 0 bridgehead atoms. The summed E-state index contributed by atoms with van der Waals surface area (Å²) in [6.07, 6.45) is 2.99. The molecule has 2 aromatic rings. The van der Waals surface area contributed by atoms with Crippen molar-refractivity contribution in [1.82, 2.24) is 4.31 Å². The number of carbonyl (C=O) groups is 1. The highest BCUT2D eigenvalue weighted by molar-refractivity contribution is 7.89. The van der Waals surface area contributed by atoms with Gasteiger partial charge in [-0.15, -0.1) is 0 Å². The Balaban J connectivity index is 1.67. The molecule has 27 heavy (non-hydrogen) atoms. The van der Waals surface area contributed by atoms with Crippen LogP contribution in [0, 0.1) is 5.92 Å². The molecule has 0 amide bonds. The van der Waals surface area contributed by atoms with E-state index in [9.17, 15) is 18.3 Å². The van der Waals surface area contributed by atoms with Crippen LogP contribution >= 0.6 is 0 Å². The SMILES string of the molecule is Nc1ccc(-c2ccc(S(=O)(=O)N3[C@@H](C(=O)O)C[C@H]4CCC[C@H]43)cc2)cc1. The zero-order chi connectivity index (χ0) is 19.2. The lowest BCUT2D eigenvalue weighted by Crippen LogP contribution is -2.44. The van der Waals surface area contributed by atoms with E-state index in [1.54, 1.807) is 36.4 Å². The number of carboxylic acids is 1. The van der Waals surface area contributed by atoms with Crippen LogP contribution < -0.4 is 5.73 Å². The summed E-state index contributed by atoms with van der Waals surface area (Å²) < 4.78 is 27.7. The largest absolute Gasteiger partial charge is 0.480 e. The van der Waals surface area contributed by atoms with Crippen molar-refractivity contribution in [3.63, 3.8) is 0 Å². The van der Waals surface area contributed by atoms with Crippen LogP contribution in [0.3, 0.4) is 0 Å². The topological polar surface area (TPSA) is 101 Å². The molecule has 0 unspecified atom stereocenters. The van der Waals surface area contributed by atoms with Gasteiger partial charge < -0.3 is 10.8 Å². The Morgan fingerprint density at radius 1 is 1.00 bits per heavy atom. The van der Waals surface area contributed by atoms with Gasteiger partial charge in [0.2, 0.25) is 10.0 Å². The van der Waals surface area contributed by atoms with E-state index in [0.29, 0.717) is 12.1 Å². The van der Waals surface area contributed by atoms with Crippen LogP contribution in [0.25, 0.3) is 11.1 Å². The van der Waals surface area contributed by atoms with Gasteiger partial charge in [0.1, 0.15) is 6.04 Å². The second-order valence-corrected chi connectivity index (χ2v) is 9.17. The second kappa shape index (κ2) is 6.65. The fourth-order valence-corrected chi connectivity index (χ4v) is 6.29. The molecule has 3 atom stereocenters. The Morgan fingerprint density at radius 2 is 1.59 bits per heavy atom. The van der Waals surface area contributed by atoms with Crippen molar-refractivity contribution in [2.45, 2.75) is 42.7 Å². The Labute approximate surface area is 158 Å². The van der Waals surface area contributed by atoms with Gasteiger partial charge in [-0.2, -0.15) is 4.31 Å². The first-order valence-corrected chi connectivity index (χ1v) is 10.5. The van der Waals surface area contributed by atoms with Crippen LogP contribution in [0.2, 0.25) is 0 Å². The minimum Gasteiger partial charge on any atom is -0.480 e. The average molecular weight is 386 g/mol. The highest BCUT2D eigenvalue weighted by Crippen LogP contribution is 2.44. The smallest absolute Gasteiger partial charge is 0.322 e. The lowest BCUT2D eigenvalue weighted by Gasteiger charge is -2.26. The molecule has 2 aromatic carbocycles. The number of nitrogen functional groups attached to an aromatic ring is 1. The van der Waals surface area contributed by atoms with E-state index in [2.05, 4.69) is 0 Å². The van der Waals surface area contributed by atoms with E-state index in [1.807, 2.05) is 12.1 Å². The van der Waals surface area contributed by atoms with Crippen molar-refractivity contribution in [2.24, 2.45) is 5.92 Å². The number of nitrogens with zero attached hydrogens (tertiary/aromatic N) is 1. The molecule has 1 aliphatic carbocycles. The van der Waals surface area contributed by atoms with E-state index in [1.165, 1.54) is 4.31 Å². The maximum absolute atomic E-state index is 13.2. The average Bonchev–Trinajstić information content (AvgIpc) is 3.23. The molecule has 1 saturated carbocycles. The van der Waals surface area contributed by atoms with Gasteiger partial charge in [-0.3, -0.25) is 4.79 Å². The fraction of sp³-hybridized carbons (Fsp3) is 0.350. The number of aliphatic carboxylic acids is 1. The lowest BCUT2D eigenvalue weighted by atomic mass is 10.0. The maximum Gasteiger partial charge on any atom is 0.322 e. The molecule has 4 rings (SSSR count). The number of hydrogen-bond donors (Lipinski definition) is 2. The van der Waals surface area contributed by atoms with Gasteiger partial charge in [-0.25, -0.2) is 8.42 Å². The number of hydrogen-bond acceptors (Lipinski definition) is 4. The van der Waals surface area contributed by atoms with Crippen LogP contribution in [0.4, 0.5) is 5.69 Å². The van der Waals surface area contributed by atoms with Gasteiger partial charge in [-0.1, -0.05) is 30.7 Å². The number of anilines is 1. The minimum atomic E-state index is -3.86. The third-order valence-corrected chi connectivity index (χ3v) is 7.69. The van der Waals surface area contributed by atoms with Gasteiger partial charge in [-0.05, 0) is 60.6 Å². The van der Waals surface area contributed by atoms with Crippen LogP contribution in [-0.4, -0.2) is 35.9 Å². The molecule has 1 heterocycles. The summed E-state index contributed by atoms with van der Waals surface area (Å²) in [6.45, 7) is 0. The fourth-order valence-electron chi connectivity index (χ4n) is 4.42. The van der Waals surface area contributed by atoms with E-state index in [0.717, 1.165) is 30.4 Å². The summed E-state index contributed by atoms with van der Waals surface area (Å²) in [6, 6.07) is 12.8. The molecule has 0 spiro atoms. The van der Waals surface area contributed by atoms with Crippen molar-refractivity contribution in [2.75, 3.05) is 5.73 Å². The molecule has 1 saturated heterocycles. The molecular weight excluding hydrogens is 364 g/mol. The van der Waals surface area contributed by atoms with Crippen molar-refractivity contribution in [1.29, 1.82) is 0 Å². The molecular formula is C20H22N2O4S.